The minimum atomic E-state index is -0.496. The molecule has 0 aliphatic heterocycles. The highest BCUT2D eigenvalue weighted by Crippen LogP contribution is 2.26. The van der Waals surface area contributed by atoms with Crippen LogP contribution in [-0.4, -0.2) is 41.0 Å². The van der Waals surface area contributed by atoms with Crippen LogP contribution in [0.25, 0.3) is 22.2 Å². The second-order valence-electron chi connectivity index (χ2n) is 7.99. The lowest BCUT2D eigenvalue weighted by molar-refractivity contribution is -0.137. The average molecular weight is 417 g/mol. The number of nitrogens with zero attached hydrogens (tertiary/aromatic N) is 2. The molecule has 5 heteroatoms. The molecule has 1 saturated carbocycles. The fourth-order valence-corrected chi connectivity index (χ4v) is 4.42. The molecule has 1 aliphatic rings. The van der Waals surface area contributed by atoms with Crippen LogP contribution in [0.2, 0.25) is 0 Å². The summed E-state index contributed by atoms with van der Waals surface area (Å²) < 4.78 is 5.50. The number of esters is 1. The molecule has 4 rings (SSSR count). The molecule has 0 radical (unpaired) electrons. The topological polar surface area (TPSA) is 59.5 Å². The summed E-state index contributed by atoms with van der Waals surface area (Å²) in [5.74, 6) is -0.617. The molecule has 1 amide bonds. The molecule has 3 aromatic rings. The first kappa shape index (κ1) is 21.0. The summed E-state index contributed by atoms with van der Waals surface area (Å²) in [6.07, 6.45) is 5.60. The van der Waals surface area contributed by atoms with Gasteiger partial charge in [-0.2, -0.15) is 0 Å². The highest BCUT2D eigenvalue weighted by molar-refractivity contribution is 6.05. The Bertz CT molecular complexity index is 1060. The normalized spacial score (nSPS) is 14.4. The molecule has 1 heterocycles. The molecule has 0 atom stereocenters. The summed E-state index contributed by atoms with van der Waals surface area (Å²) in [4.78, 5) is 32.4. The Hall–Kier alpha value is -3.21. The van der Waals surface area contributed by atoms with E-state index in [2.05, 4.69) is 0 Å². The van der Waals surface area contributed by atoms with Crippen LogP contribution in [0.15, 0.2) is 60.7 Å². The van der Waals surface area contributed by atoms with E-state index in [1.807, 2.05) is 66.4 Å². The summed E-state index contributed by atoms with van der Waals surface area (Å²) in [7, 11) is 0. The Morgan fingerprint density at radius 1 is 1.00 bits per heavy atom. The fourth-order valence-electron chi connectivity index (χ4n) is 4.42. The van der Waals surface area contributed by atoms with Crippen LogP contribution in [0, 0.1) is 0 Å². The number of hydrogen-bond acceptors (Lipinski definition) is 4. The number of fused-ring (bicyclic) bond motifs is 1. The molecular weight excluding hydrogens is 388 g/mol. The largest absolute Gasteiger partial charge is 0.452 e. The van der Waals surface area contributed by atoms with Crippen LogP contribution in [0.5, 0.6) is 0 Å². The predicted octanol–water partition coefficient (Wildman–Crippen LogP) is 5.24. The number of pyridine rings is 1. The molecule has 0 spiro atoms. The van der Waals surface area contributed by atoms with Crippen molar-refractivity contribution in [2.45, 2.75) is 45.1 Å². The van der Waals surface area contributed by atoms with Gasteiger partial charge in [0.25, 0.3) is 5.91 Å². The van der Waals surface area contributed by atoms with Crippen molar-refractivity contribution >= 4 is 22.8 Å². The van der Waals surface area contributed by atoms with Gasteiger partial charge in [0.2, 0.25) is 0 Å². The molecule has 31 heavy (non-hydrogen) atoms. The molecule has 1 aromatic heterocycles. The molecule has 2 aromatic carbocycles. The second-order valence-corrected chi connectivity index (χ2v) is 7.99. The van der Waals surface area contributed by atoms with Crippen LogP contribution in [0.4, 0.5) is 0 Å². The van der Waals surface area contributed by atoms with E-state index in [0.29, 0.717) is 17.8 Å². The third-order valence-corrected chi connectivity index (χ3v) is 6.01. The maximum Gasteiger partial charge on any atom is 0.339 e. The van der Waals surface area contributed by atoms with Crippen LogP contribution in [-0.2, 0) is 9.53 Å². The van der Waals surface area contributed by atoms with Gasteiger partial charge in [-0.1, -0.05) is 67.8 Å². The zero-order chi connectivity index (χ0) is 21.6. The maximum atomic E-state index is 13.0. The van der Waals surface area contributed by atoms with Gasteiger partial charge in [0.05, 0.1) is 16.8 Å². The number of likely N-dealkylation sites (N-methyl/N-ethyl adjacent to an activating group) is 1. The lowest BCUT2D eigenvalue weighted by atomic mass is 9.94. The Morgan fingerprint density at radius 2 is 1.71 bits per heavy atom. The molecule has 1 aliphatic carbocycles. The number of carbonyl (C=O) groups excluding carboxylic acids is 2. The first-order chi connectivity index (χ1) is 15.2. The first-order valence-electron chi connectivity index (χ1n) is 11.1. The Balaban J connectivity index is 1.55. The Kier molecular flexibility index (Phi) is 6.60. The molecular formula is C26H28N2O3. The minimum absolute atomic E-state index is 0.121. The number of hydrogen-bond donors (Lipinski definition) is 0. The smallest absolute Gasteiger partial charge is 0.339 e. The zero-order valence-electron chi connectivity index (χ0n) is 17.9. The fraction of sp³-hybridized carbons (Fsp3) is 0.346. The van der Waals surface area contributed by atoms with E-state index in [9.17, 15) is 9.59 Å². The lowest BCUT2D eigenvalue weighted by Gasteiger charge is -2.33. The summed E-state index contributed by atoms with van der Waals surface area (Å²) in [6, 6.07) is 19.2. The number of benzene rings is 2. The number of aromatic nitrogens is 1. The molecule has 0 bridgehead atoms. The van der Waals surface area contributed by atoms with Crippen LogP contribution >= 0.6 is 0 Å². The van der Waals surface area contributed by atoms with Crippen molar-refractivity contribution in [1.82, 2.24) is 9.88 Å². The van der Waals surface area contributed by atoms with Crippen molar-refractivity contribution < 1.29 is 14.3 Å². The molecule has 5 nitrogen and oxygen atoms in total. The lowest BCUT2D eigenvalue weighted by Crippen LogP contribution is -2.43. The van der Waals surface area contributed by atoms with Crippen molar-refractivity contribution in [3.8, 4) is 11.3 Å². The Labute approximate surface area is 183 Å². The van der Waals surface area contributed by atoms with Crippen LogP contribution in [0.1, 0.15) is 49.4 Å². The van der Waals surface area contributed by atoms with E-state index in [-0.39, 0.29) is 18.6 Å². The van der Waals surface area contributed by atoms with Crippen LogP contribution in [0.3, 0.4) is 0 Å². The number of amides is 1. The molecule has 160 valence electrons. The van der Waals surface area contributed by atoms with E-state index < -0.39 is 5.97 Å². The number of carbonyl (C=O) groups is 2. The molecule has 0 unspecified atom stereocenters. The van der Waals surface area contributed by atoms with Crippen molar-refractivity contribution in [1.29, 1.82) is 0 Å². The maximum absolute atomic E-state index is 13.0. The van der Waals surface area contributed by atoms with Crippen molar-refractivity contribution in [3.05, 3.63) is 66.2 Å². The van der Waals surface area contributed by atoms with Crippen LogP contribution < -0.4 is 0 Å². The minimum Gasteiger partial charge on any atom is -0.452 e. The highest BCUT2D eigenvalue weighted by Gasteiger charge is 2.25. The number of para-hydroxylation sites is 1. The monoisotopic (exact) mass is 416 g/mol. The van der Waals surface area contributed by atoms with Gasteiger partial charge in [0, 0.05) is 23.5 Å². The standard InChI is InChI=1S/C26H28N2O3/c1-2-28(20-13-7-4-8-14-20)25(29)18-31-26(30)22-17-24(19-11-5-3-6-12-19)27-23-16-10-9-15-21(22)23/h3,5-6,9-12,15-17,20H,2,4,7-8,13-14,18H2,1H3. The first-order valence-corrected chi connectivity index (χ1v) is 11.1. The van der Waals surface area contributed by atoms with Crippen molar-refractivity contribution in [2.75, 3.05) is 13.2 Å². The molecule has 0 saturated heterocycles. The van der Waals surface area contributed by atoms with Crippen molar-refractivity contribution in [3.63, 3.8) is 0 Å². The average Bonchev–Trinajstić information content (AvgIpc) is 2.83. The van der Waals surface area contributed by atoms with Gasteiger partial charge in [-0.05, 0) is 31.9 Å². The third kappa shape index (κ3) is 4.76. The zero-order valence-corrected chi connectivity index (χ0v) is 17.9. The van der Waals surface area contributed by atoms with Gasteiger partial charge in [-0.25, -0.2) is 9.78 Å². The summed E-state index contributed by atoms with van der Waals surface area (Å²) in [5.41, 5.74) is 2.78. The van der Waals surface area contributed by atoms with E-state index in [1.165, 1.54) is 6.42 Å². The number of ether oxygens (including phenoxy) is 1. The quantitative estimate of drug-likeness (QED) is 0.516. The van der Waals surface area contributed by atoms with Gasteiger partial charge in [-0.3, -0.25) is 4.79 Å². The molecule has 0 N–H and O–H groups in total. The number of rotatable bonds is 6. The summed E-state index contributed by atoms with van der Waals surface area (Å²) in [6.45, 7) is 2.38. The second kappa shape index (κ2) is 9.73. The van der Waals surface area contributed by atoms with Crippen molar-refractivity contribution in [2.24, 2.45) is 0 Å². The summed E-state index contributed by atoms with van der Waals surface area (Å²) in [5, 5.41) is 0.722. The Morgan fingerprint density at radius 3 is 2.45 bits per heavy atom. The predicted molar refractivity (Wildman–Crippen MR) is 122 cm³/mol. The van der Waals surface area contributed by atoms with E-state index in [4.69, 9.17) is 9.72 Å². The third-order valence-electron chi connectivity index (χ3n) is 6.01. The summed E-state index contributed by atoms with van der Waals surface area (Å²) >= 11 is 0. The SMILES string of the molecule is CCN(C(=O)COC(=O)c1cc(-c2ccccc2)nc2ccccc12)C1CCCCC1. The van der Waals surface area contributed by atoms with Gasteiger partial charge in [0.1, 0.15) is 0 Å². The van der Waals surface area contributed by atoms with E-state index >= 15 is 0 Å². The van der Waals surface area contributed by atoms with Gasteiger partial charge >= 0.3 is 5.97 Å². The van der Waals surface area contributed by atoms with Gasteiger partial charge in [-0.15, -0.1) is 0 Å². The van der Waals surface area contributed by atoms with E-state index in [1.54, 1.807) is 6.07 Å². The molecule has 1 fully saturated rings. The van der Waals surface area contributed by atoms with E-state index in [0.717, 1.165) is 42.1 Å². The highest BCUT2D eigenvalue weighted by atomic mass is 16.5. The van der Waals surface area contributed by atoms with Gasteiger partial charge < -0.3 is 9.64 Å². The van der Waals surface area contributed by atoms with Gasteiger partial charge in [0.15, 0.2) is 6.61 Å².